The van der Waals surface area contributed by atoms with Crippen molar-refractivity contribution in [3.05, 3.63) is 35.6 Å². The third-order valence-corrected chi connectivity index (χ3v) is 4.91. The molecule has 0 saturated carbocycles. The van der Waals surface area contributed by atoms with Crippen LogP contribution in [0, 0.1) is 17.7 Å². The van der Waals surface area contributed by atoms with E-state index < -0.39 is 0 Å². The Morgan fingerprint density at radius 2 is 1.76 bits per heavy atom. The predicted octanol–water partition coefficient (Wildman–Crippen LogP) is 2.22. The first-order valence-corrected chi connectivity index (χ1v) is 7.95. The Morgan fingerprint density at radius 3 is 2.38 bits per heavy atom. The monoisotopic (exact) mass is 290 g/mol. The van der Waals surface area contributed by atoms with E-state index in [-0.39, 0.29) is 11.7 Å². The minimum Gasteiger partial charge on any atom is -0.343 e. The second-order valence-corrected chi connectivity index (χ2v) is 6.26. The van der Waals surface area contributed by atoms with E-state index >= 15 is 0 Å². The average Bonchev–Trinajstić information content (AvgIpc) is 2.85. The van der Waals surface area contributed by atoms with E-state index in [4.69, 9.17) is 0 Å². The normalized spacial score (nSPS) is 25.5. The highest BCUT2D eigenvalue weighted by atomic mass is 19.1. The molecule has 2 atom stereocenters. The molecule has 1 aromatic rings. The van der Waals surface area contributed by atoms with Crippen LogP contribution in [0.5, 0.6) is 0 Å². The summed E-state index contributed by atoms with van der Waals surface area (Å²) in [5.74, 6) is 1.52. The molecule has 0 aromatic heterocycles. The summed E-state index contributed by atoms with van der Waals surface area (Å²) in [4.78, 5) is 14.4. The number of amides is 1. The van der Waals surface area contributed by atoms with Gasteiger partial charge >= 0.3 is 0 Å². The zero-order chi connectivity index (χ0) is 14.7. The minimum atomic E-state index is -0.224. The fraction of sp³-hybridized carbons (Fsp3) is 0.588. The molecule has 1 N–H and O–H groups in total. The van der Waals surface area contributed by atoms with Gasteiger partial charge in [-0.25, -0.2) is 4.39 Å². The van der Waals surface area contributed by atoms with E-state index in [1.807, 2.05) is 4.90 Å². The van der Waals surface area contributed by atoms with Crippen LogP contribution in [0.25, 0.3) is 0 Å². The topological polar surface area (TPSA) is 32.3 Å². The molecule has 1 aromatic carbocycles. The lowest BCUT2D eigenvalue weighted by molar-refractivity contribution is -0.131. The van der Waals surface area contributed by atoms with Gasteiger partial charge < -0.3 is 10.2 Å². The molecular weight excluding hydrogens is 267 g/mol. The van der Waals surface area contributed by atoms with Gasteiger partial charge in [0, 0.05) is 19.5 Å². The van der Waals surface area contributed by atoms with Crippen molar-refractivity contribution in [3.63, 3.8) is 0 Å². The van der Waals surface area contributed by atoms with Gasteiger partial charge in [0.05, 0.1) is 0 Å². The highest BCUT2D eigenvalue weighted by Crippen LogP contribution is 2.27. The van der Waals surface area contributed by atoms with Gasteiger partial charge in [-0.2, -0.15) is 0 Å². The van der Waals surface area contributed by atoms with E-state index in [1.54, 1.807) is 12.1 Å². The molecule has 1 amide bonds. The zero-order valence-electron chi connectivity index (χ0n) is 12.4. The Bertz CT molecular complexity index is 474. The molecule has 2 saturated heterocycles. The molecule has 3 rings (SSSR count). The molecule has 2 fully saturated rings. The summed E-state index contributed by atoms with van der Waals surface area (Å²) in [6, 6.07) is 6.45. The van der Waals surface area contributed by atoms with Gasteiger partial charge in [0.1, 0.15) is 5.82 Å². The van der Waals surface area contributed by atoms with E-state index in [0.29, 0.717) is 12.8 Å². The fourth-order valence-electron chi connectivity index (χ4n) is 3.53. The number of benzene rings is 1. The second kappa shape index (κ2) is 6.56. The largest absolute Gasteiger partial charge is 0.343 e. The Balaban J connectivity index is 1.50. The van der Waals surface area contributed by atoms with Crippen LogP contribution < -0.4 is 5.32 Å². The minimum absolute atomic E-state index is 0.224. The molecule has 0 radical (unpaired) electrons. The lowest BCUT2D eigenvalue weighted by atomic mass is 9.92. The average molecular weight is 290 g/mol. The molecule has 0 spiro atoms. The SMILES string of the molecule is O=C(CCc1ccc(F)cc1)N1CC[C@@H]2CNC[C@@H]2CC1. The van der Waals surface area contributed by atoms with Crippen LogP contribution in [-0.2, 0) is 11.2 Å². The van der Waals surface area contributed by atoms with Crippen molar-refractivity contribution in [2.75, 3.05) is 26.2 Å². The highest BCUT2D eigenvalue weighted by Gasteiger charge is 2.31. The molecule has 0 bridgehead atoms. The molecule has 0 unspecified atom stereocenters. The Morgan fingerprint density at radius 1 is 1.14 bits per heavy atom. The van der Waals surface area contributed by atoms with Crippen molar-refractivity contribution >= 4 is 5.91 Å². The molecule has 2 aliphatic rings. The number of hydrogen-bond donors (Lipinski definition) is 1. The lowest BCUT2D eigenvalue weighted by Gasteiger charge is -2.21. The van der Waals surface area contributed by atoms with Gasteiger partial charge in [-0.1, -0.05) is 12.1 Å². The summed E-state index contributed by atoms with van der Waals surface area (Å²) in [6.07, 6.45) is 3.48. The van der Waals surface area contributed by atoms with Crippen molar-refractivity contribution in [2.45, 2.75) is 25.7 Å². The summed E-state index contributed by atoms with van der Waals surface area (Å²) in [5, 5.41) is 3.45. The van der Waals surface area contributed by atoms with Crippen molar-refractivity contribution in [2.24, 2.45) is 11.8 Å². The van der Waals surface area contributed by atoms with Gasteiger partial charge in [0.25, 0.3) is 0 Å². The van der Waals surface area contributed by atoms with E-state index in [0.717, 1.165) is 56.4 Å². The van der Waals surface area contributed by atoms with Crippen molar-refractivity contribution < 1.29 is 9.18 Å². The molecular formula is C17H23FN2O. The number of aryl methyl sites for hydroxylation is 1. The first-order chi connectivity index (χ1) is 10.2. The molecule has 2 heterocycles. The van der Waals surface area contributed by atoms with Gasteiger partial charge in [-0.3, -0.25) is 4.79 Å². The van der Waals surface area contributed by atoms with Crippen LogP contribution in [-0.4, -0.2) is 37.0 Å². The number of nitrogens with zero attached hydrogens (tertiary/aromatic N) is 1. The summed E-state index contributed by atoms with van der Waals surface area (Å²) < 4.78 is 12.9. The Kier molecular flexibility index (Phi) is 4.54. The third-order valence-electron chi connectivity index (χ3n) is 4.91. The van der Waals surface area contributed by atoms with E-state index in [2.05, 4.69) is 5.32 Å². The first kappa shape index (κ1) is 14.5. The van der Waals surface area contributed by atoms with Crippen LogP contribution in [0.15, 0.2) is 24.3 Å². The van der Waals surface area contributed by atoms with E-state index in [1.165, 1.54) is 12.1 Å². The maximum Gasteiger partial charge on any atom is 0.222 e. The number of carbonyl (C=O) groups is 1. The third kappa shape index (κ3) is 3.62. The Labute approximate surface area is 125 Å². The number of halogens is 1. The molecule has 114 valence electrons. The summed E-state index contributed by atoms with van der Waals surface area (Å²) in [6.45, 7) is 4.01. The van der Waals surface area contributed by atoms with Crippen LogP contribution >= 0.6 is 0 Å². The van der Waals surface area contributed by atoms with Crippen LogP contribution in [0.1, 0.15) is 24.8 Å². The number of rotatable bonds is 3. The van der Waals surface area contributed by atoms with Crippen LogP contribution in [0.2, 0.25) is 0 Å². The molecule has 3 nitrogen and oxygen atoms in total. The number of carbonyl (C=O) groups excluding carboxylic acids is 1. The molecule has 2 aliphatic heterocycles. The Hall–Kier alpha value is -1.42. The van der Waals surface area contributed by atoms with Crippen LogP contribution in [0.3, 0.4) is 0 Å². The van der Waals surface area contributed by atoms with Crippen LogP contribution in [0.4, 0.5) is 4.39 Å². The summed E-state index contributed by atoms with van der Waals surface area (Å²) >= 11 is 0. The number of likely N-dealkylation sites (tertiary alicyclic amines) is 1. The summed E-state index contributed by atoms with van der Waals surface area (Å²) in [7, 11) is 0. The van der Waals surface area contributed by atoms with Crippen molar-refractivity contribution in [1.29, 1.82) is 0 Å². The quantitative estimate of drug-likeness (QED) is 0.926. The van der Waals surface area contributed by atoms with Gasteiger partial charge in [-0.15, -0.1) is 0 Å². The maximum absolute atomic E-state index is 12.9. The van der Waals surface area contributed by atoms with Gasteiger partial charge in [0.2, 0.25) is 5.91 Å². The molecule has 21 heavy (non-hydrogen) atoms. The summed E-state index contributed by atoms with van der Waals surface area (Å²) in [5.41, 5.74) is 1.03. The smallest absolute Gasteiger partial charge is 0.222 e. The maximum atomic E-state index is 12.9. The zero-order valence-corrected chi connectivity index (χ0v) is 12.4. The molecule has 0 aliphatic carbocycles. The predicted molar refractivity (Wildman–Crippen MR) is 80.4 cm³/mol. The van der Waals surface area contributed by atoms with E-state index in [9.17, 15) is 9.18 Å². The number of fused-ring (bicyclic) bond motifs is 1. The first-order valence-electron chi connectivity index (χ1n) is 7.95. The fourth-order valence-corrected chi connectivity index (χ4v) is 3.53. The van der Waals surface area contributed by atoms with Gasteiger partial charge in [-0.05, 0) is 61.9 Å². The lowest BCUT2D eigenvalue weighted by Crippen LogP contribution is -2.32. The van der Waals surface area contributed by atoms with Crippen molar-refractivity contribution in [1.82, 2.24) is 10.2 Å². The number of hydrogen-bond acceptors (Lipinski definition) is 2. The van der Waals surface area contributed by atoms with Gasteiger partial charge in [0.15, 0.2) is 0 Å². The second-order valence-electron chi connectivity index (χ2n) is 6.26. The standard InChI is InChI=1S/C17H23FN2O/c18-16-4-1-13(2-5-16)3-6-17(21)20-9-7-14-11-19-12-15(14)8-10-20/h1-2,4-5,14-15,19H,3,6-12H2/t14-,15+. The molecule has 4 heteroatoms. The van der Waals surface area contributed by atoms with Crippen molar-refractivity contribution in [3.8, 4) is 0 Å². The highest BCUT2D eigenvalue weighted by molar-refractivity contribution is 5.76. The number of nitrogens with one attached hydrogen (secondary N) is 1.